The largest absolute Gasteiger partial charge is 0.250 e. The van der Waals surface area contributed by atoms with Crippen molar-refractivity contribution in [3.63, 3.8) is 0 Å². The third kappa shape index (κ3) is 3.94. The first-order valence-electron chi connectivity index (χ1n) is 6.37. The first-order chi connectivity index (χ1) is 8.90. The second kappa shape index (κ2) is 6.43. The van der Waals surface area contributed by atoms with Crippen LogP contribution in [0.4, 0.5) is 0 Å². The molecule has 1 saturated carbocycles. The van der Waals surface area contributed by atoms with Crippen molar-refractivity contribution in [3.8, 4) is 0 Å². The predicted octanol–water partition coefficient (Wildman–Crippen LogP) is 4.41. The molecule has 0 aliphatic heterocycles. The summed E-state index contributed by atoms with van der Waals surface area (Å²) >= 11 is 10.3. The molecule has 1 aliphatic rings. The van der Waals surface area contributed by atoms with E-state index in [-0.39, 0.29) is 10.3 Å². The van der Waals surface area contributed by atoms with Crippen LogP contribution in [0.5, 0.6) is 0 Å². The van der Waals surface area contributed by atoms with E-state index in [1.807, 2.05) is 0 Å². The Morgan fingerprint density at radius 2 is 2.05 bits per heavy atom. The number of hydrogen-bond donors (Lipinski definition) is 1. The maximum atomic E-state index is 12.3. The van der Waals surface area contributed by atoms with Crippen LogP contribution in [-0.4, -0.2) is 14.5 Å². The van der Waals surface area contributed by atoms with E-state index in [1.165, 1.54) is 18.9 Å². The molecular formula is C12H17BrClNO2S2. The maximum absolute atomic E-state index is 12.3. The van der Waals surface area contributed by atoms with E-state index in [4.69, 9.17) is 11.6 Å². The van der Waals surface area contributed by atoms with Crippen LogP contribution in [0, 0.1) is 5.92 Å². The van der Waals surface area contributed by atoms with Crippen LogP contribution < -0.4 is 4.72 Å². The smallest absolute Gasteiger partial charge is 0.207 e. The number of halogens is 2. The van der Waals surface area contributed by atoms with Gasteiger partial charge in [0.2, 0.25) is 10.0 Å². The summed E-state index contributed by atoms with van der Waals surface area (Å²) in [5, 5.41) is 0.444. The lowest BCUT2D eigenvalue weighted by molar-refractivity contribution is 0.400. The molecule has 0 spiro atoms. The van der Waals surface area contributed by atoms with Crippen molar-refractivity contribution in [2.45, 2.75) is 49.3 Å². The first-order valence-corrected chi connectivity index (χ1v) is 9.84. The Morgan fingerprint density at radius 3 is 2.68 bits per heavy atom. The SMILES string of the molecule is CC1CCCCCC1NS(=O)(=O)c1cc(Cl)c(Br)s1. The highest BCUT2D eigenvalue weighted by Gasteiger charge is 2.27. The van der Waals surface area contributed by atoms with Gasteiger partial charge in [0.1, 0.15) is 4.21 Å². The van der Waals surface area contributed by atoms with Gasteiger partial charge in [-0.15, -0.1) is 11.3 Å². The molecule has 0 radical (unpaired) electrons. The molecule has 1 aromatic rings. The van der Waals surface area contributed by atoms with Crippen LogP contribution >= 0.6 is 38.9 Å². The van der Waals surface area contributed by atoms with Crippen molar-refractivity contribution >= 4 is 48.9 Å². The second-order valence-electron chi connectivity index (χ2n) is 5.03. The Morgan fingerprint density at radius 1 is 1.37 bits per heavy atom. The lowest BCUT2D eigenvalue weighted by Crippen LogP contribution is -2.38. The van der Waals surface area contributed by atoms with Gasteiger partial charge in [-0.05, 0) is 40.8 Å². The molecule has 2 rings (SSSR count). The topological polar surface area (TPSA) is 46.2 Å². The van der Waals surface area contributed by atoms with Crippen molar-refractivity contribution in [1.29, 1.82) is 0 Å². The zero-order valence-corrected chi connectivity index (χ0v) is 14.6. The quantitative estimate of drug-likeness (QED) is 0.782. The maximum Gasteiger partial charge on any atom is 0.250 e. The highest BCUT2D eigenvalue weighted by molar-refractivity contribution is 9.11. The molecule has 1 heterocycles. The average molecular weight is 387 g/mol. The summed E-state index contributed by atoms with van der Waals surface area (Å²) < 4.78 is 28.5. The molecule has 7 heteroatoms. The minimum atomic E-state index is -3.46. The van der Waals surface area contributed by atoms with E-state index in [0.717, 1.165) is 30.6 Å². The summed E-state index contributed by atoms with van der Waals surface area (Å²) in [6.45, 7) is 2.12. The summed E-state index contributed by atoms with van der Waals surface area (Å²) in [5.41, 5.74) is 0. The van der Waals surface area contributed by atoms with Gasteiger partial charge in [0.25, 0.3) is 0 Å². The van der Waals surface area contributed by atoms with E-state index >= 15 is 0 Å². The van der Waals surface area contributed by atoms with Gasteiger partial charge in [-0.1, -0.05) is 37.8 Å². The number of thiophene rings is 1. The number of nitrogens with one attached hydrogen (secondary N) is 1. The van der Waals surface area contributed by atoms with Gasteiger partial charge in [0.05, 0.1) is 8.81 Å². The van der Waals surface area contributed by atoms with Crippen LogP contribution in [0.2, 0.25) is 5.02 Å². The van der Waals surface area contributed by atoms with Gasteiger partial charge in [0, 0.05) is 6.04 Å². The fourth-order valence-corrected chi connectivity index (χ4v) is 6.18. The van der Waals surface area contributed by atoms with Crippen LogP contribution in [0.15, 0.2) is 14.1 Å². The van der Waals surface area contributed by atoms with E-state index in [1.54, 1.807) is 0 Å². The predicted molar refractivity (Wildman–Crippen MR) is 83.4 cm³/mol. The minimum Gasteiger partial charge on any atom is -0.207 e. The van der Waals surface area contributed by atoms with Gasteiger partial charge in [-0.3, -0.25) is 0 Å². The second-order valence-corrected chi connectivity index (χ2v) is 9.75. The Balaban J connectivity index is 2.16. The molecule has 0 aromatic carbocycles. The number of hydrogen-bond acceptors (Lipinski definition) is 3. The standard InChI is InChI=1S/C12H17BrClNO2S2/c1-8-5-3-2-4-6-10(8)15-19(16,17)11-7-9(14)12(13)18-11/h7-8,10,15H,2-6H2,1H3. The Labute approximate surface area is 131 Å². The number of sulfonamides is 1. The fourth-order valence-electron chi connectivity index (χ4n) is 2.38. The zero-order valence-electron chi connectivity index (χ0n) is 10.7. The molecule has 0 saturated heterocycles. The van der Waals surface area contributed by atoms with E-state index in [2.05, 4.69) is 27.6 Å². The lowest BCUT2D eigenvalue weighted by atomic mass is 9.98. The molecule has 1 aliphatic carbocycles. The first kappa shape index (κ1) is 15.8. The van der Waals surface area contributed by atoms with Gasteiger partial charge in [-0.2, -0.15) is 0 Å². The van der Waals surface area contributed by atoms with Gasteiger partial charge in [0.15, 0.2) is 0 Å². The van der Waals surface area contributed by atoms with Crippen molar-refractivity contribution < 1.29 is 8.42 Å². The minimum absolute atomic E-state index is 0.0344. The third-order valence-electron chi connectivity index (χ3n) is 3.56. The summed E-state index contributed by atoms with van der Waals surface area (Å²) in [5.74, 6) is 0.385. The van der Waals surface area contributed by atoms with Crippen molar-refractivity contribution in [3.05, 3.63) is 14.9 Å². The Hall–Kier alpha value is 0.380. The van der Waals surface area contributed by atoms with Crippen LogP contribution in [0.1, 0.15) is 39.0 Å². The molecule has 1 N–H and O–H groups in total. The lowest BCUT2D eigenvalue weighted by Gasteiger charge is -2.22. The summed E-state index contributed by atoms with van der Waals surface area (Å²) in [7, 11) is -3.46. The monoisotopic (exact) mass is 385 g/mol. The summed E-state index contributed by atoms with van der Waals surface area (Å²) in [6.07, 6.45) is 5.48. The normalized spacial score (nSPS) is 25.2. The average Bonchev–Trinajstić information content (AvgIpc) is 2.55. The van der Waals surface area contributed by atoms with Crippen LogP contribution in [0.3, 0.4) is 0 Å². The molecular weight excluding hydrogens is 370 g/mol. The van der Waals surface area contributed by atoms with Crippen molar-refractivity contribution in [1.82, 2.24) is 4.72 Å². The van der Waals surface area contributed by atoms with Crippen LogP contribution in [0.25, 0.3) is 0 Å². The van der Waals surface area contributed by atoms with Crippen molar-refractivity contribution in [2.75, 3.05) is 0 Å². The van der Waals surface area contributed by atoms with Gasteiger partial charge in [-0.25, -0.2) is 13.1 Å². The molecule has 1 fully saturated rings. The molecule has 19 heavy (non-hydrogen) atoms. The summed E-state index contributed by atoms with van der Waals surface area (Å²) in [4.78, 5) is 0. The fraction of sp³-hybridized carbons (Fsp3) is 0.667. The van der Waals surface area contributed by atoms with Crippen LogP contribution in [-0.2, 0) is 10.0 Å². The molecule has 0 amide bonds. The summed E-state index contributed by atoms with van der Waals surface area (Å²) in [6, 6.07) is 1.53. The highest BCUT2D eigenvalue weighted by atomic mass is 79.9. The Bertz CT molecular complexity index is 524. The van der Waals surface area contributed by atoms with E-state index in [9.17, 15) is 8.42 Å². The zero-order chi connectivity index (χ0) is 14.0. The third-order valence-corrected chi connectivity index (χ3v) is 7.99. The highest BCUT2D eigenvalue weighted by Crippen LogP contribution is 2.35. The number of rotatable bonds is 3. The molecule has 0 bridgehead atoms. The Kier molecular flexibility index (Phi) is 5.34. The molecule has 2 unspecified atom stereocenters. The van der Waals surface area contributed by atoms with Gasteiger partial charge < -0.3 is 0 Å². The molecule has 2 atom stereocenters. The van der Waals surface area contributed by atoms with E-state index < -0.39 is 10.0 Å². The van der Waals surface area contributed by atoms with Gasteiger partial charge >= 0.3 is 0 Å². The molecule has 108 valence electrons. The molecule has 3 nitrogen and oxygen atoms in total. The van der Waals surface area contributed by atoms with E-state index in [0.29, 0.717) is 14.7 Å². The van der Waals surface area contributed by atoms with Crippen molar-refractivity contribution in [2.24, 2.45) is 5.92 Å². The molecule has 1 aromatic heterocycles.